The van der Waals surface area contributed by atoms with Crippen molar-refractivity contribution >= 4 is 5.69 Å². The molecule has 0 aliphatic carbocycles. The maximum atomic E-state index is 10.5. The first kappa shape index (κ1) is 12.6. The summed E-state index contributed by atoms with van der Waals surface area (Å²) in [4.78, 5) is 10.1. The summed E-state index contributed by atoms with van der Waals surface area (Å²) in [6, 6.07) is 6.71. The lowest BCUT2D eigenvalue weighted by Crippen LogP contribution is -2.28. The normalized spacial score (nSPS) is 14.8. The van der Waals surface area contributed by atoms with Gasteiger partial charge in [0.25, 0.3) is 5.69 Å². The van der Waals surface area contributed by atoms with Gasteiger partial charge < -0.3 is 5.73 Å². The molecule has 2 atom stereocenters. The van der Waals surface area contributed by atoms with Crippen LogP contribution in [0.1, 0.15) is 32.3 Å². The SMILES string of the molecule is CC(C)C(c1ccc([N+](=O)[O-])cc1)C(C)N. The number of nitro groups is 1. The second kappa shape index (κ2) is 5.07. The molecule has 1 aromatic carbocycles. The van der Waals surface area contributed by atoms with Crippen molar-refractivity contribution < 1.29 is 4.92 Å². The predicted octanol–water partition coefficient (Wildman–Crippen LogP) is 2.68. The third-order valence-electron chi connectivity index (χ3n) is 2.77. The molecule has 2 unspecified atom stereocenters. The molecular weight excluding hydrogens is 204 g/mol. The standard InChI is InChI=1S/C12H18N2O2/c1-8(2)12(9(3)13)10-4-6-11(7-5-10)14(15)16/h4-9,12H,13H2,1-3H3. The van der Waals surface area contributed by atoms with E-state index in [2.05, 4.69) is 13.8 Å². The Hall–Kier alpha value is -1.42. The van der Waals surface area contributed by atoms with E-state index in [1.165, 1.54) is 12.1 Å². The zero-order chi connectivity index (χ0) is 12.3. The van der Waals surface area contributed by atoms with Crippen molar-refractivity contribution in [2.45, 2.75) is 32.7 Å². The van der Waals surface area contributed by atoms with Gasteiger partial charge in [0, 0.05) is 24.1 Å². The molecule has 0 aromatic heterocycles. The third kappa shape index (κ3) is 2.79. The number of nitrogens with two attached hydrogens (primary N) is 1. The molecule has 0 amide bonds. The van der Waals surface area contributed by atoms with Crippen LogP contribution in [0.5, 0.6) is 0 Å². The van der Waals surface area contributed by atoms with E-state index in [1.54, 1.807) is 12.1 Å². The molecule has 88 valence electrons. The van der Waals surface area contributed by atoms with E-state index in [9.17, 15) is 10.1 Å². The lowest BCUT2D eigenvalue weighted by atomic mass is 9.83. The summed E-state index contributed by atoms with van der Waals surface area (Å²) >= 11 is 0. The molecule has 0 fully saturated rings. The van der Waals surface area contributed by atoms with Gasteiger partial charge in [0.05, 0.1) is 4.92 Å². The molecule has 4 nitrogen and oxygen atoms in total. The fourth-order valence-corrected chi connectivity index (χ4v) is 2.11. The molecule has 2 N–H and O–H groups in total. The Morgan fingerprint density at radius 1 is 1.19 bits per heavy atom. The number of nitrogens with zero attached hydrogens (tertiary/aromatic N) is 1. The van der Waals surface area contributed by atoms with E-state index in [4.69, 9.17) is 5.73 Å². The van der Waals surface area contributed by atoms with Gasteiger partial charge in [-0.25, -0.2) is 0 Å². The Kier molecular flexibility index (Phi) is 4.01. The van der Waals surface area contributed by atoms with Gasteiger partial charge in [-0.2, -0.15) is 0 Å². The zero-order valence-corrected chi connectivity index (χ0v) is 9.88. The monoisotopic (exact) mass is 222 g/mol. The zero-order valence-electron chi connectivity index (χ0n) is 9.88. The minimum absolute atomic E-state index is 0.0430. The van der Waals surface area contributed by atoms with Gasteiger partial charge in [0.15, 0.2) is 0 Å². The molecule has 0 aliphatic rings. The van der Waals surface area contributed by atoms with Gasteiger partial charge in [0.1, 0.15) is 0 Å². The van der Waals surface area contributed by atoms with Gasteiger partial charge in [-0.15, -0.1) is 0 Å². The molecule has 0 radical (unpaired) electrons. The van der Waals surface area contributed by atoms with Crippen LogP contribution in [0.25, 0.3) is 0 Å². The number of hydrogen-bond acceptors (Lipinski definition) is 3. The minimum Gasteiger partial charge on any atom is -0.327 e. The highest BCUT2D eigenvalue weighted by molar-refractivity contribution is 5.35. The third-order valence-corrected chi connectivity index (χ3v) is 2.77. The highest BCUT2D eigenvalue weighted by atomic mass is 16.6. The molecule has 0 spiro atoms. The summed E-state index contributed by atoms with van der Waals surface area (Å²) in [6.07, 6.45) is 0. The van der Waals surface area contributed by atoms with Crippen LogP contribution in [-0.2, 0) is 0 Å². The lowest BCUT2D eigenvalue weighted by Gasteiger charge is -2.24. The van der Waals surface area contributed by atoms with Crippen molar-refractivity contribution in [1.29, 1.82) is 0 Å². The molecule has 1 aromatic rings. The first-order valence-corrected chi connectivity index (χ1v) is 5.43. The number of nitro benzene ring substituents is 1. The van der Waals surface area contributed by atoms with Crippen molar-refractivity contribution in [3.05, 3.63) is 39.9 Å². The summed E-state index contributed by atoms with van der Waals surface area (Å²) in [7, 11) is 0. The summed E-state index contributed by atoms with van der Waals surface area (Å²) in [5.74, 6) is 0.655. The summed E-state index contributed by atoms with van der Waals surface area (Å²) in [5.41, 5.74) is 7.12. The quantitative estimate of drug-likeness (QED) is 0.629. The molecule has 0 aliphatic heterocycles. The van der Waals surface area contributed by atoms with Gasteiger partial charge >= 0.3 is 0 Å². The lowest BCUT2D eigenvalue weighted by molar-refractivity contribution is -0.384. The molecule has 0 saturated carbocycles. The molecule has 1 rings (SSSR count). The largest absolute Gasteiger partial charge is 0.327 e. The molecular formula is C12H18N2O2. The Balaban J connectivity index is 2.99. The fraction of sp³-hybridized carbons (Fsp3) is 0.500. The predicted molar refractivity (Wildman–Crippen MR) is 64.3 cm³/mol. The summed E-state index contributed by atoms with van der Waals surface area (Å²) in [5, 5.41) is 10.5. The van der Waals surface area contributed by atoms with Gasteiger partial charge in [0.2, 0.25) is 0 Å². The Labute approximate surface area is 95.6 Å². The van der Waals surface area contributed by atoms with Crippen LogP contribution < -0.4 is 5.73 Å². The number of rotatable bonds is 4. The average Bonchev–Trinajstić information content (AvgIpc) is 2.17. The number of benzene rings is 1. The van der Waals surface area contributed by atoms with Gasteiger partial charge in [-0.05, 0) is 18.4 Å². The summed E-state index contributed by atoms with van der Waals surface area (Å²) in [6.45, 7) is 6.18. The second-order valence-electron chi connectivity index (χ2n) is 4.48. The Morgan fingerprint density at radius 2 is 1.69 bits per heavy atom. The first-order chi connectivity index (χ1) is 7.43. The van der Waals surface area contributed by atoms with Crippen molar-refractivity contribution in [1.82, 2.24) is 0 Å². The van der Waals surface area contributed by atoms with Crippen molar-refractivity contribution in [3.8, 4) is 0 Å². The minimum atomic E-state index is -0.389. The molecule has 0 heterocycles. The maximum absolute atomic E-state index is 10.5. The van der Waals surface area contributed by atoms with Crippen LogP contribution in [-0.4, -0.2) is 11.0 Å². The van der Waals surface area contributed by atoms with Crippen molar-refractivity contribution in [2.24, 2.45) is 11.7 Å². The fourth-order valence-electron chi connectivity index (χ4n) is 2.11. The van der Waals surface area contributed by atoms with Crippen LogP contribution in [0.15, 0.2) is 24.3 Å². The first-order valence-electron chi connectivity index (χ1n) is 5.43. The van der Waals surface area contributed by atoms with Crippen LogP contribution in [0.3, 0.4) is 0 Å². The molecule has 0 bridgehead atoms. The number of non-ortho nitro benzene ring substituents is 1. The van der Waals surface area contributed by atoms with Gasteiger partial charge in [-0.3, -0.25) is 10.1 Å². The highest BCUT2D eigenvalue weighted by Gasteiger charge is 2.20. The van der Waals surface area contributed by atoms with Crippen molar-refractivity contribution in [2.75, 3.05) is 0 Å². The van der Waals surface area contributed by atoms with E-state index >= 15 is 0 Å². The molecule has 4 heteroatoms. The molecule has 16 heavy (non-hydrogen) atoms. The maximum Gasteiger partial charge on any atom is 0.269 e. The second-order valence-corrected chi connectivity index (χ2v) is 4.48. The number of hydrogen-bond donors (Lipinski definition) is 1. The Bertz CT molecular complexity index is 350. The Morgan fingerprint density at radius 3 is 2.00 bits per heavy atom. The van der Waals surface area contributed by atoms with E-state index in [-0.39, 0.29) is 22.6 Å². The topological polar surface area (TPSA) is 69.2 Å². The average molecular weight is 222 g/mol. The van der Waals surface area contributed by atoms with E-state index in [0.29, 0.717) is 5.92 Å². The van der Waals surface area contributed by atoms with Crippen LogP contribution in [0.2, 0.25) is 0 Å². The summed E-state index contributed by atoms with van der Waals surface area (Å²) < 4.78 is 0. The van der Waals surface area contributed by atoms with Gasteiger partial charge in [-0.1, -0.05) is 26.0 Å². The van der Waals surface area contributed by atoms with Crippen LogP contribution in [0.4, 0.5) is 5.69 Å². The van der Waals surface area contributed by atoms with E-state index in [1.807, 2.05) is 6.92 Å². The van der Waals surface area contributed by atoms with Crippen LogP contribution in [0, 0.1) is 16.0 Å². The van der Waals surface area contributed by atoms with Crippen LogP contribution >= 0.6 is 0 Å². The highest BCUT2D eigenvalue weighted by Crippen LogP contribution is 2.28. The molecule has 0 saturated heterocycles. The smallest absolute Gasteiger partial charge is 0.269 e. The van der Waals surface area contributed by atoms with Crippen molar-refractivity contribution in [3.63, 3.8) is 0 Å². The van der Waals surface area contributed by atoms with E-state index < -0.39 is 0 Å². The van der Waals surface area contributed by atoms with E-state index in [0.717, 1.165) is 5.56 Å².